The van der Waals surface area contributed by atoms with Crippen LogP contribution in [-0.4, -0.2) is 30.9 Å². The molecule has 2 aromatic rings. The van der Waals surface area contributed by atoms with E-state index < -0.39 is 10.0 Å². The van der Waals surface area contributed by atoms with Gasteiger partial charge in [-0.25, -0.2) is 8.42 Å². The zero-order valence-electron chi connectivity index (χ0n) is 17.4. The third kappa shape index (κ3) is 4.71. The number of rotatable bonds is 6. The van der Waals surface area contributed by atoms with Gasteiger partial charge in [0.15, 0.2) is 5.11 Å². The van der Waals surface area contributed by atoms with Gasteiger partial charge in [-0.3, -0.25) is 0 Å². The van der Waals surface area contributed by atoms with Gasteiger partial charge in [-0.1, -0.05) is 26.0 Å². The number of sulfonamides is 1. The van der Waals surface area contributed by atoms with Crippen LogP contribution in [0.3, 0.4) is 0 Å². The van der Waals surface area contributed by atoms with E-state index in [9.17, 15) is 8.42 Å². The van der Waals surface area contributed by atoms with Crippen molar-refractivity contribution in [2.75, 3.05) is 23.7 Å². The van der Waals surface area contributed by atoms with Crippen molar-refractivity contribution in [1.29, 1.82) is 0 Å². The van der Waals surface area contributed by atoms with Gasteiger partial charge in [0.1, 0.15) is 0 Å². The maximum Gasteiger partial charge on any atom is 0.243 e. The SMILES string of the molecule is CCN(CC)S(=O)(=O)c1cc(C)c(C)c(NC(=S)Nc2cccc(C)c2C)c1. The van der Waals surface area contributed by atoms with Crippen molar-refractivity contribution >= 4 is 38.7 Å². The van der Waals surface area contributed by atoms with Gasteiger partial charge in [0.05, 0.1) is 4.90 Å². The summed E-state index contributed by atoms with van der Waals surface area (Å²) in [6, 6.07) is 9.37. The molecule has 0 fully saturated rings. The van der Waals surface area contributed by atoms with Crippen LogP contribution in [0.5, 0.6) is 0 Å². The lowest BCUT2D eigenvalue weighted by Crippen LogP contribution is -2.31. The molecule has 0 bridgehead atoms. The van der Waals surface area contributed by atoms with Crippen molar-refractivity contribution in [3.63, 3.8) is 0 Å². The summed E-state index contributed by atoms with van der Waals surface area (Å²) in [4.78, 5) is 0.274. The van der Waals surface area contributed by atoms with E-state index >= 15 is 0 Å². The fourth-order valence-electron chi connectivity index (χ4n) is 2.98. The van der Waals surface area contributed by atoms with Crippen LogP contribution in [0.4, 0.5) is 11.4 Å². The number of thiocarbonyl (C=S) groups is 1. The summed E-state index contributed by atoms with van der Waals surface area (Å²) in [5, 5.41) is 6.81. The van der Waals surface area contributed by atoms with Gasteiger partial charge in [0.2, 0.25) is 10.0 Å². The minimum absolute atomic E-state index is 0.274. The molecule has 0 amide bonds. The van der Waals surface area contributed by atoms with E-state index in [2.05, 4.69) is 10.6 Å². The summed E-state index contributed by atoms with van der Waals surface area (Å²) in [6.07, 6.45) is 0. The fourth-order valence-corrected chi connectivity index (χ4v) is 4.77. The van der Waals surface area contributed by atoms with E-state index in [4.69, 9.17) is 12.2 Å². The van der Waals surface area contributed by atoms with Crippen LogP contribution in [0.1, 0.15) is 36.1 Å². The highest BCUT2D eigenvalue weighted by molar-refractivity contribution is 7.89. The van der Waals surface area contributed by atoms with Gasteiger partial charge in [0.25, 0.3) is 0 Å². The fraction of sp³-hybridized carbons (Fsp3) is 0.381. The Morgan fingerprint density at radius 2 is 1.50 bits per heavy atom. The summed E-state index contributed by atoms with van der Waals surface area (Å²) in [6.45, 7) is 12.5. The average Bonchev–Trinajstić information content (AvgIpc) is 2.63. The number of nitrogens with one attached hydrogen (secondary N) is 2. The van der Waals surface area contributed by atoms with Gasteiger partial charge in [-0.2, -0.15) is 4.31 Å². The van der Waals surface area contributed by atoms with Gasteiger partial charge >= 0.3 is 0 Å². The minimum atomic E-state index is -3.54. The highest BCUT2D eigenvalue weighted by Crippen LogP contribution is 2.27. The van der Waals surface area contributed by atoms with Gasteiger partial charge in [0, 0.05) is 24.5 Å². The van der Waals surface area contributed by atoms with Crippen molar-refractivity contribution in [3.8, 4) is 0 Å². The van der Waals surface area contributed by atoms with E-state index in [-0.39, 0.29) is 4.90 Å². The van der Waals surface area contributed by atoms with Gasteiger partial charge in [-0.15, -0.1) is 0 Å². The number of aryl methyl sites for hydroxylation is 2. The average molecular weight is 420 g/mol. The van der Waals surface area contributed by atoms with Crippen molar-refractivity contribution in [3.05, 3.63) is 52.6 Å². The zero-order chi connectivity index (χ0) is 21.1. The second-order valence-corrected chi connectivity index (χ2v) is 9.17. The first-order valence-electron chi connectivity index (χ1n) is 9.37. The third-order valence-corrected chi connectivity index (χ3v) is 7.32. The number of benzene rings is 2. The quantitative estimate of drug-likeness (QED) is 0.661. The second kappa shape index (κ2) is 9.03. The molecule has 2 N–H and O–H groups in total. The molecule has 152 valence electrons. The lowest BCUT2D eigenvalue weighted by molar-refractivity contribution is 0.445. The van der Waals surface area contributed by atoms with Crippen LogP contribution in [0, 0.1) is 27.7 Å². The summed E-state index contributed by atoms with van der Waals surface area (Å²) in [5.74, 6) is 0. The Kier molecular flexibility index (Phi) is 7.20. The molecule has 0 aliphatic rings. The lowest BCUT2D eigenvalue weighted by atomic mass is 10.1. The standard InChI is InChI=1S/C21H29N3O2S2/c1-7-24(8-2)28(25,26)18-12-15(4)17(6)20(13-18)23-21(27)22-19-11-9-10-14(3)16(19)5/h9-13H,7-8H2,1-6H3,(H2,22,23,27). The maximum absolute atomic E-state index is 12.9. The molecule has 7 heteroatoms. The molecule has 5 nitrogen and oxygen atoms in total. The van der Waals surface area contributed by atoms with Crippen molar-refractivity contribution in [2.24, 2.45) is 0 Å². The topological polar surface area (TPSA) is 61.4 Å². The van der Waals surface area contributed by atoms with E-state index in [1.807, 2.05) is 59.7 Å². The molecule has 0 aliphatic heterocycles. The summed E-state index contributed by atoms with van der Waals surface area (Å²) < 4.78 is 27.3. The van der Waals surface area contributed by atoms with Crippen molar-refractivity contribution in [1.82, 2.24) is 4.31 Å². The Morgan fingerprint density at radius 3 is 2.11 bits per heavy atom. The predicted octanol–water partition coefficient (Wildman–Crippen LogP) is 4.76. The molecule has 2 aromatic carbocycles. The first-order chi connectivity index (χ1) is 13.1. The first kappa shape index (κ1) is 22.3. The molecule has 28 heavy (non-hydrogen) atoms. The Bertz CT molecular complexity index is 981. The highest BCUT2D eigenvalue weighted by Gasteiger charge is 2.23. The van der Waals surface area contributed by atoms with E-state index in [1.165, 1.54) is 9.87 Å². The van der Waals surface area contributed by atoms with Crippen LogP contribution in [0.15, 0.2) is 35.2 Å². The molecule has 0 spiro atoms. The Balaban J connectivity index is 2.34. The molecular formula is C21H29N3O2S2. The normalized spacial score (nSPS) is 11.5. The second-order valence-electron chi connectivity index (χ2n) is 6.83. The highest BCUT2D eigenvalue weighted by atomic mass is 32.2. The Hall–Kier alpha value is -1.96. The number of nitrogens with zero attached hydrogens (tertiary/aromatic N) is 1. The molecule has 2 rings (SSSR count). The summed E-state index contributed by atoms with van der Waals surface area (Å²) in [7, 11) is -3.54. The van der Waals surface area contributed by atoms with Gasteiger partial charge < -0.3 is 10.6 Å². The molecule has 0 atom stereocenters. The van der Waals surface area contributed by atoms with Crippen molar-refractivity contribution in [2.45, 2.75) is 46.4 Å². The largest absolute Gasteiger partial charge is 0.332 e. The van der Waals surface area contributed by atoms with Crippen LogP contribution in [0.25, 0.3) is 0 Å². The molecule has 0 aliphatic carbocycles. The molecular weight excluding hydrogens is 390 g/mol. The van der Waals surface area contributed by atoms with Crippen LogP contribution >= 0.6 is 12.2 Å². The zero-order valence-corrected chi connectivity index (χ0v) is 19.0. The Morgan fingerprint density at radius 1 is 0.929 bits per heavy atom. The van der Waals surface area contributed by atoms with Crippen LogP contribution < -0.4 is 10.6 Å². The number of hydrogen-bond donors (Lipinski definition) is 2. The first-order valence-corrected chi connectivity index (χ1v) is 11.2. The van der Waals surface area contributed by atoms with E-state index in [0.717, 1.165) is 22.4 Å². The lowest BCUT2D eigenvalue weighted by Gasteiger charge is -2.21. The molecule has 0 aromatic heterocycles. The predicted molar refractivity (Wildman–Crippen MR) is 122 cm³/mol. The van der Waals surface area contributed by atoms with Crippen LogP contribution in [-0.2, 0) is 10.0 Å². The Labute approximate surface area is 174 Å². The van der Waals surface area contributed by atoms with E-state index in [1.54, 1.807) is 12.1 Å². The smallest absolute Gasteiger partial charge is 0.243 e. The molecule has 0 unspecified atom stereocenters. The summed E-state index contributed by atoms with van der Waals surface area (Å²) >= 11 is 5.48. The van der Waals surface area contributed by atoms with Gasteiger partial charge in [-0.05, 0) is 80.4 Å². The molecule has 0 heterocycles. The maximum atomic E-state index is 12.9. The molecule has 0 saturated heterocycles. The monoisotopic (exact) mass is 419 g/mol. The number of hydrogen-bond acceptors (Lipinski definition) is 3. The third-order valence-electron chi connectivity index (χ3n) is 5.09. The number of anilines is 2. The minimum Gasteiger partial charge on any atom is -0.332 e. The summed E-state index contributed by atoms with van der Waals surface area (Å²) in [5.41, 5.74) is 5.77. The molecule has 0 radical (unpaired) electrons. The molecule has 0 saturated carbocycles. The van der Waals surface area contributed by atoms with Crippen molar-refractivity contribution < 1.29 is 8.42 Å². The van der Waals surface area contributed by atoms with E-state index in [0.29, 0.717) is 23.9 Å². The van der Waals surface area contributed by atoms with Crippen LogP contribution in [0.2, 0.25) is 0 Å².